The highest BCUT2D eigenvalue weighted by atomic mass is 16.5. The molecule has 0 aliphatic carbocycles. The van der Waals surface area contributed by atoms with Crippen LogP contribution >= 0.6 is 0 Å². The molecule has 1 heterocycles. The van der Waals surface area contributed by atoms with Gasteiger partial charge < -0.3 is 14.8 Å². The standard InChI is InChI=1S/C15H18N2O2/c1-11-4-5-16-15(6-11)17-10-12-7-13(18-2)9-14(8-12)19-3/h4-9H,10H2,1-3H3,(H,16,17). The Morgan fingerprint density at radius 3 is 2.32 bits per heavy atom. The molecule has 0 radical (unpaired) electrons. The summed E-state index contributed by atoms with van der Waals surface area (Å²) in [6.07, 6.45) is 1.80. The Bertz CT molecular complexity index is 533. The lowest BCUT2D eigenvalue weighted by Gasteiger charge is -2.10. The molecule has 4 heteroatoms. The normalized spacial score (nSPS) is 10.1. The van der Waals surface area contributed by atoms with E-state index in [4.69, 9.17) is 9.47 Å². The number of benzene rings is 1. The van der Waals surface area contributed by atoms with Crippen molar-refractivity contribution in [3.8, 4) is 11.5 Å². The second-order valence-corrected chi connectivity index (χ2v) is 4.29. The number of ether oxygens (including phenoxy) is 2. The lowest BCUT2D eigenvalue weighted by Crippen LogP contribution is -2.02. The molecule has 0 fully saturated rings. The minimum Gasteiger partial charge on any atom is -0.497 e. The number of methoxy groups -OCH3 is 2. The Balaban J connectivity index is 2.10. The third kappa shape index (κ3) is 3.61. The number of aromatic nitrogens is 1. The van der Waals surface area contributed by atoms with Gasteiger partial charge >= 0.3 is 0 Å². The van der Waals surface area contributed by atoms with E-state index in [0.29, 0.717) is 6.54 Å². The summed E-state index contributed by atoms with van der Waals surface area (Å²) in [5.74, 6) is 2.43. The fourth-order valence-electron chi connectivity index (χ4n) is 1.79. The summed E-state index contributed by atoms with van der Waals surface area (Å²) in [6.45, 7) is 2.71. The van der Waals surface area contributed by atoms with Crippen molar-refractivity contribution in [3.05, 3.63) is 47.7 Å². The van der Waals surface area contributed by atoms with Gasteiger partial charge in [-0.2, -0.15) is 0 Å². The molecule has 100 valence electrons. The Labute approximate surface area is 113 Å². The molecule has 0 amide bonds. The first-order valence-electron chi connectivity index (χ1n) is 6.10. The van der Waals surface area contributed by atoms with Gasteiger partial charge in [-0.25, -0.2) is 4.98 Å². The molecule has 4 nitrogen and oxygen atoms in total. The average Bonchev–Trinajstić information content (AvgIpc) is 2.44. The van der Waals surface area contributed by atoms with Crippen LogP contribution < -0.4 is 14.8 Å². The SMILES string of the molecule is COc1cc(CNc2cc(C)ccn2)cc(OC)c1. The van der Waals surface area contributed by atoms with E-state index in [0.717, 1.165) is 22.9 Å². The van der Waals surface area contributed by atoms with Crippen LogP contribution in [0.5, 0.6) is 11.5 Å². The maximum absolute atomic E-state index is 5.25. The van der Waals surface area contributed by atoms with Gasteiger partial charge in [-0.1, -0.05) is 0 Å². The Morgan fingerprint density at radius 1 is 1.05 bits per heavy atom. The van der Waals surface area contributed by atoms with Crippen LogP contribution in [0.1, 0.15) is 11.1 Å². The number of pyridine rings is 1. The molecule has 0 atom stereocenters. The number of nitrogens with zero attached hydrogens (tertiary/aromatic N) is 1. The summed E-state index contributed by atoms with van der Waals surface area (Å²) >= 11 is 0. The van der Waals surface area contributed by atoms with Gasteiger partial charge in [0, 0.05) is 18.8 Å². The molecule has 0 saturated heterocycles. The first kappa shape index (κ1) is 13.2. The van der Waals surface area contributed by atoms with Crippen LogP contribution in [0.15, 0.2) is 36.5 Å². The van der Waals surface area contributed by atoms with Crippen LogP contribution in [0.2, 0.25) is 0 Å². The number of hydrogen-bond donors (Lipinski definition) is 1. The van der Waals surface area contributed by atoms with Gasteiger partial charge in [0.15, 0.2) is 0 Å². The zero-order chi connectivity index (χ0) is 13.7. The molecule has 1 aromatic heterocycles. The van der Waals surface area contributed by atoms with E-state index in [1.54, 1.807) is 20.4 Å². The number of nitrogens with one attached hydrogen (secondary N) is 1. The van der Waals surface area contributed by atoms with E-state index in [2.05, 4.69) is 10.3 Å². The molecule has 0 saturated carbocycles. The van der Waals surface area contributed by atoms with Crippen molar-refractivity contribution in [2.45, 2.75) is 13.5 Å². The number of anilines is 1. The highest BCUT2D eigenvalue weighted by molar-refractivity contribution is 5.42. The van der Waals surface area contributed by atoms with Crippen LogP contribution in [-0.2, 0) is 6.54 Å². The summed E-state index contributed by atoms with van der Waals surface area (Å²) in [6, 6.07) is 9.79. The minimum atomic E-state index is 0.671. The predicted molar refractivity (Wildman–Crippen MR) is 75.8 cm³/mol. The molecule has 0 spiro atoms. The monoisotopic (exact) mass is 258 g/mol. The Kier molecular flexibility index (Phi) is 4.23. The van der Waals surface area contributed by atoms with Crippen LogP contribution in [-0.4, -0.2) is 19.2 Å². The molecule has 1 aromatic carbocycles. The van der Waals surface area contributed by atoms with Crippen LogP contribution in [0, 0.1) is 6.92 Å². The van der Waals surface area contributed by atoms with E-state index in [-0.39, 0.29) is 0 Å². The van der Waals surface area contributed by atoms with Crippen molar-refractivity contribution in [2.75, 3.05) is 19.5 Å². The van der Waals surface area contributed by atoms with Gasteiger partial charge in [0.1, 0.15) is 17.3 Å². The van der Waals surface area contributed by atoms with E-state index in [1.807, 2.05) is 37.3 Å². The molecular weight excluding hydrogens is 240 g/mol. The molecule has 0 bridgehead atoms. The van der Waals surface area contributed by atoms with Gasteiger partial charge in [0.2, 0.25) is 0 Å². The molecular formula is C15H18N2O2. The van der Waals surface area contributed by atoms with Crippen molar-refractivity contribution in [1.29, 1.82) is 0 Å². The second-order valence-electron chi connectivity index (χ2n) is 4.29. The van der Waals surface area contributed by atoms with Gasteiger partial charge in [-0.3, -0.25) is 0 Å². The summed E-state index contributed by atoms with van der Waals surface area (Å²) in [7, 11) is 3.29. The number of rotatable bonds is 5. The van der Waals surface area contributed by atoms with Crippen LogP contribution in [0.3, 0.4) is 0 Å². The van der Waals surface area contributed by atoms with Crippen LogP contribution in [0.25, 0.3) is 0 Å². The maximum atomic E-state index is 5.25. The van der Waals surface area contributed by atoms with Gasteiger partial charge in [-0.15, -0.1) is 0 Å². The predicted octanol–water partition coefficient (Wildman–Crippen LogP) is 3.02. The van der Waals surface area contributed by atoms with E-state index < -0.39 is 0 Å². The largest absolute Gasteiger partial charge is 0.497 e. The first-order valence-corrected chi connectivity index (χ1v) is 6.10. The summed E-state index contributed by atoms with van der Waals surface area (Å²) in [5, 5.41) is 3.28. The van der Waals surface area contributed by atoms with E-state index in [9.17, 15) is 0 Å². The van der Waals surface area contributed by atoms with Crippen molar-refractivity contribution in [2.24, 2.45) is 0 Å². The van der Waals surface area contributed by atoms with Gasteiger partial charge in [0.05, 0.1) is 14.2 Å². The lowest BCUT2D eigenvalue weighted by molar-refractivity contribution is 0.393. The third-order valence-corrected chi connectivity index (χ3v) is 2.80. The van der Waals surface area contributed by atoms with Crippen molar-refractivity contribution in [1.82, 2.24) is 4.98 Å². The molecule has 1 N–H and O–H groups in total. The summed E-state index contributed by atoms with van der Waals surface area (Å²) in [4.78, 5) is 4.27. The van der Waals surface area contributed by atoms with Gasteiger partial charge in [-0.05, 0) is 42.3 Å². The van der Waals surface area contributed by atoms with Crippen LogP contribution in [0.4, 0.5) is 5.82 Å². The molecule has 0 aliphatic rings. The lowest BCUT2D eigenvalue weighted by atomic mass is 10.2. The first-order chi connectivity index (χ1) is 9.21. The fraction of sp³-hybridized carbons (Fsp3) is 0.267. The highest BCUT2D eigenvalue weighted by Gasteiger charge is 2.02. The maximum Gasteiger partial charge on any atom is 0.126 e. The van der Waals surface area contributed by atoms with Crippen molar-refractivity contribution >= 4 is 5.82 Å². The zero-order valence-electron chi connectivity index (χ0n) is 11.4. The Morgan fingerprint density at radius 2 is 1.74 bits per heavy atom. The average molecular weight is 258 g/mol. The third-order valence-electron chi connectivity index (χ3n) is 2.80. The molecule has 0 aliphatic heterocycles. The smallest absolute Gasteiger partial charge is 0.126 e. The fourth-order valence-corrected chi connectivity index (χ4v) is 1.79. The molecule has 19 heavy (non-hydrogen) atoms. The number of hydrogen-bond acceptors (Lipinski definition) is 4. The minimum absolute atomic E-state index is 0.671. The molecule has 0 unspecified atom stereocenters. The zero-order valence-corrected chi connectivity index (χ0v) is 11.4. The van der Waals surface area contributed by atoms with E-state index in [1.165, 1.54) is 5.56 Å². The number of aryl methyl sites for hydroxylation is 1. The molecule has 2 aromatic rings. The Hall–Kier alpha value is -2.23. The molecule has 2 rings (SSSR count). The highest BCUT2D eigenvalue weighted by Crippen LogP contribution is 2.23. The second kappa shape index (κ2) is 6.09. The summed E-state index contributed by atoms with van der Waals surface area (Å²) < 4.78 is 10.5. The summed E-state index contributed by atoms with van der Waals surface area (Å²) in [5.41, 5.74) is 2.26. The van der Waals surface area contributed by atoms with Crippen molar-refractivity contribution in [3.63, 3.8) is 0 Å². The topological polar surface area (TPSA) is 43.4 Å². The quantitative estimate of drug-likeness (QED) is 0.895. The van der Waals surface area contributed by atoms with E-state index >= 15 is 0 Å². The van der Waals surface area contributed by atoms with Gasteiger partial charge in [0.25, 0.3) is 0 Å². The van der Waals surface area contributed by atoms with Crippen molar-refractivity contribution < 1.29 is 9.47 Å².